The molecule has 5 heteroatoms. The van der Waals surface area contributed by atoms with E-state index in [0.717, 1.165) is 62.0 Å². The maximum atomic E-state index is 5.66. The molecule has 0 spiro atoms. The summed E-state index contributed by atoms with van der Waals surface area (Å²) >= 11 is 0. The molecule has 0 saturated heterocycles. The minimum absolute atomic E-state index is 0.771. The molecule has 0 amide bonds. The number of nitrogens with zero attached hydrogens (tertiary/aromatic N) is 1. The van der Waals surface area contributed by atoms with Crippen LogP contribution in [0.2, 0.25) is 0 Å². The van der Waals surface area contributed by atoms with Gasteiger partial charge in [-0.2, -0.15) is 0 Å². The van der Waals surface area contributed by atoms with Crippen LogP contribution in [0.3, 0.4) is 0 Å². The van der Waals surface area contributed by atoms with Crippen molar-refractivity contribution in [1.82, 2.24) is 15.0 Å². The highest BCUT2D eigenvalue weighted by atomic mass is 16.5. The van der Waals surface area contributed by atoms with Gasteiger partial charge in [0.25, 0.3) is 0 Å². The maximum Gasteiger partial charge on any atom is 0.140 e. The van der Waals surface area contributed by atoms with E-state index in [2.05, 4.69) is 29.0 Å². The number of fused-ring (bicyclic) bond motifs is 1. The Morgan fingerprint density at radius 3 is 2.06 bits per heavy atom. The molecule has 0 bridgehead atoms. The summed E-state index contributed by atoms with van der Waals surface area (Å²) in [6.07, 6.45) is 0. The first-order chi connectivity index (χ1) is 15.2. The first-order valence-electron chi connectivity index (χ1n) is 10.2. The maximum absolute atomic E-state index is 5.66. The SMILES string of the molecule is COc1ccccc1-c1nc(-c2c(C)[nH]c3ccccc23)[nH]c1-c1ccccc1OC. The first kappa shape index (κ1) is 19.0. The van der Waals surface area contributed by atoms with Crippen LogP contribution in [0.25, 0.3) is 44.8 Å². The summed E-state index contributed by atoms with van der Waals surface area (Å²) in [7, 11) is 3.36. The zero-order chi connectivity index (χ0) is 21.4. The Kier molecular flexibility index (Phi) is 4.71. The number of aryl methyl sites for hydroxylation is 1. The fraction of sp³-hybridized carbons (Fsp3) is 0.115. The second-order valence-corrected chi connectivity index (χ2v) is 7.38. The Morgan fingerprint density at radius 2 is 1.32 bits per heavy atom. The topological polar surface area (TPSA) is 62.9 Å². The normalized spacial score (nSPS) is 11.1. The molecule has 2 heterocycles. The van der Waals surface area contributed by atoms with Gasteiger partial charge in [-0.15, -0.1) is 0 Å². The first-order valence-corrected chi connectivity index (χ1v) is 10.2. The highest BCUT2D eigenvalue weighted by molar-refractivity contribution is 5.97. The van der Waals surface area contributed by atoms with Gasteiger partial charge < -0.3 is 19.4 Å². The molecule has 0 aliphatic carbocycles. The molecule has 0 aliphatic heterocycles. The van der Waals surface area contributed by atoms with Crippen molar-refractivity contribution in [2.24, 2.45) is 0 Å². The average molecular weight is 409 g/mol. The minimum Gasteiger partial charge on any atom is -0.496 e. The van der Waals surface area contributed by atoms with Crippen LogP contribution in [0.4, 0.5) is 0 Å². The Balaban J connectivity index is 1.81. The number of para-hydroxylation sites is 3. The number of imidazole rings is 1. The summed E-state index contributed by atoms with van der Waals surface area (Å²) in [5, 5.41) is 1.13. The molecule has 0 fully saturated rings. The molecule has 2 aromatic heterocycles. The number of aromatic nitrogens is 3. The zero-order valence-electron chi connectivity index (χ0n) is 17.7. The van der Waals surface area contributed by atoms with Gasteiger partial charge in [0.1, 0.15) is 23.0 Å². The largest absolute Gasteiger partial charge is 0.496 e. The van der Waals surface area contributed by atoms with E-state index < -0.39 is 0 Å². The fourth-order valence-corrected chi connectivity index (χ4v) is 4.15. The second-order valence-electron chi connectivity index (χ2n) is 7.38. The van der Waals surface area contributed by atoms with Crippen LogP contribution in [0, 0.1) is 6.92 Å². The van der Waals surface area contributed by atoms with Crippen molar-refractivity contribution in [2.75, 3.05) is 14.2 Å². The van der Waals surface area contributed by atoms with E-state index in [1.54, 1.807) is 14.2 Å². The van der Waals surface area contributed by atoms with E-state index in [1.165, 1.54) is 0 Å². The molecule has 5 nitrogen and oxygen atoms in total. The molecule has 0 saturated carbocycles. The molecule has 5 rings (SSSR count). The molecule has 2 N–H and O–H groups in total. The van der Waals surface area contributed by atoms with Gasteiger partial charge in [0.2, 0.25) is 0 Å². The van der Waals surface area contributed by atoms with E-state index in [0.29, 0.717) is 0 Å². The highest BCUT2D eigenvalue weighted by Gasteiger charge is 2.22. The molecule has 0 unspecified atom stereocenters. The van der Waals surface area contributed by atoms with Gasteiger partial charge in [-0.25, -0.2) is 4.98 Å². The van der Waals surface area contributed by atoms with Crippen LogP contribution in [0.5, 0.6) is 11.5 Å². The number of hydrogen-bond acceptors (Lipinski definition) is 3. The average Bonchev–Trinajstić information content (AvgIpc) is 3.39. The third-order valence-electron chi connectivity index (χ3n) is 5.57. The summed E-state index contributed by atoms with van der Waals surface area (Å²) in [6, 6.07) is 24.2. The van der Waals surface area contributed by atoms with Crippen molar-refractivity contribution in [3.8, 4) is 45.4 Å². The number of hydrogen-bond donors (Lipinski definition) is 2. The minimum atomic E-state index is 0.771. The Morgan fingerprint density at radius 1 is 0.710 bits per heavy atom. The lowest BCUT2D eigenvalue weighted by Gasteiger charge is -2.10. The van der Waals surface area contributed by atoms with Crippen LogP contribution >= 0.6 is 0 Å². The van der Waals surface area contributed by atoms with E-state index in [-0.39, 0.29) is 0 Å². The Hall–Kier alpha value is -3.99. The van der Waals surface area contributed by atoms with Crippen molar-refractivity contribution >= 4 is 10.9 Å². The second kappa shape index (κ2) is 7.69. The van der Waals surface area contributed by atoms with Crippen molar-refractivity contribution in [1.29, 1.82) is 0 Å². The Bertz CT molecular complexity index is 1320. The van der Waals surface area contributed by atoms with Crippen molar-refractivity contribution in [2.45, 2.75) is 6.92 Å². The number of nitrogens with one attached hydrogen (secondary N) is 2. The fourth-order valence-electron chi connectivity index (χ4n) is 4.15. The van der Waals surface area contributed by atoms with Crippen LogP contribution in [-0.4, -0.2) is 29.2 Å². The molecule has 0 aliphatic rings. The number of aromatic amines is 2. The summed E-state index contributed by atoms with van der Waals surface area (Å²) in [6.45, 7) is 2.07. The monoisotopic (exact) mass is 409 g/mol. The number of benzene rings is 3. The molecular formula is C26H23N3O2. The van der Waals surface area contributed by atoms with Crippen LogP contribution in [-0.2, 0) is 0 Å². The summed E-state index contributed by atoms with van der Waals surface area (Å²) < 4.78 is 11.3. The van der Waals surface area contributed by atoms with E-state index in [4.69, 9.17) is 14.5 Å². The smallest absolute Gasteiger partial charge is 0.140 e. The highest BCUT2D eigenvalue weighted by Crippen LogP contribution is 2.41. The van der Waals surface area contributed by atoms with Crippen molar-refractivity contribution < 1.29 is 9.47 Å². The van der Waals surface area contributed by atoms with Crippen LogP contribution in [0.1, 0.15) is 5.69 Å². The van der Waals surface area contributed by atoms with Gasteiger partial charge in [0.15, 0.2) is 0 Å². The zero-order valence-corrected chi connectivity index (χ0v) is 17.7. The quantitative estimate of drug-likeness (QED) is 0.362. The van der Waals surface area contributed by atoms with Gasteiger partial charge in [-0.05, 0) is 37.3 Å². The Labute approximate surface area is 180 Å². The summed E-state index contributed by atoms with van der Waals surface area (Å²) in [5.41, 5.74) is 6.79. The number of ether oxygens (including phenoxy) is 2. The van der Waals surface area contributed by atoms with Gasteiger partial charge in [-0.3, -0.25) is 0 Å². The molecular weight excluding hydrogens is 386 g/mol. The van der Waals surface area contributed by atoms with Crippen molar-refractivity contribution in [3.05, 3.63) is 78.5 Å². The molecule has 3 aromatic carbocycles. The third kappa shape index (κ3) is 3.15. The lowest BCUT2D eigenvalue weighted by atomic mass is 10.0. The lowest BCUT2D eigenvalue weighted by molar-refractivity contribution is 0.415. The van der Waals surface area contributed by atoms with E-state index in [1.807, 2.05) is 60.7 Å². The predicted molar refractivity (Wildman–Crippen MR) is 125 cm³/mol. The molecule has 0 atom stereocenters. The van der Waals surface area contributed by atoms with Gasteiger partial charge >= 0.3 is 0 Å². The molecule has 31 heavy (non-hydrogen) atoms. The number of rotatable bonds is 5. The molecule has 154 valence electrons. The van der Waals surface area contributed by atoms with Gasteiger partial charge in [0.05, 0.1) is 19.9 Å². The van der Waals surface area contributed by atoms with Gasteiger partial charge in [0, 0.05) is 33.3 Å². The third-order valence-corrected chi connectivity index (χ3v) is 5.57. The summed E-state index contributed by atoms with van der Waals surface area (Å²) in [5.74, 6) is 2.36. The van der Waals surface area contributed by atoms with Crippen LogP contribution < -0.4 is 9.47 Å². The lowest BCUT2D eigenvalue weighted by Crippen LogP contribution is -1.92. The number of methoxy groups -OCH3 is 2. The molecule has 0 radical (unpaired) electrons. The van der Waals surface area contributed by atoms with Crippen molar-refractivity contribution in [3.63, 3.8) is 0 Å². The summed E-state index contributed by atoms with van der Waals surface area (Å²) in [4.78, 5) is 12.1. The van der Waals surface area contributed by atoms with E-state index in [9.17, 15) is 0 Å². The predicted octanol–water partition coefficient (Wildman–Crippen LogP) is 6.22. The van der Waals surface area contributed by atoms with E-state index >= 15 is 0 Å². The molecule has 5 aromatic rings. The number of H-pyrrole nitrogens is 2. The van der Waals surface area contributed by atoms with Crippen LogP contribution in [0.15, 0.2) is 72.8 Å². The standard InChI is InChI=1S/C26H23N3O2/c1-16-23(17-10-4-7-13-20(17)27-16)26-28-24(18-11-5-8-14-21(18)30-2)25(29-26)19-12-6-9-15-22(19)31-3/h4-15,27H,1-3H3,(H,28,29). The van der Waals surface area contributed by atoms with Gasteiger partial charge in [-0.1, -0.05) is 42.5 Å².